The zero-order valence-corrected chi connectivity index (χ0v) is 10.6. The number of methoxy groups -OCH3 is 1. The molecule has 0 unspecified atom stereocenters. The van der Waals surface area contributed by atoms with E-state index in [2.05, 4.69) is 10.2 Å². The molecule has 1 rings (SSSR count). The second kappa shape index (κ2) is 7.16. The molecule has 98 valence electrons. The Labute approximate surface area is 106 Å². The molecule has 0 spiro atoms. The van der Waals surface area contributed by atoms with Gasteiger partial charge >= 0.3 is 0 Å². The van der Waals surface area contributed by atoms with Crippen LogP contribution in [0, 0.1) is 0 Å². The first-order valence-electron chi connectivity index (χ1n) is 5.60. The number of nitrogens with zero attached hydrogens (tertiary/aromatic N) is 2. The first-order chi connectivity index (χ1) is 8.69. The molecule has 0 aliphatic heterocycles. The van der Waals surface area contributed by atoms with Crippen molar-refractivity contribution < 1.29 is 9.47 Å². The highest BCUT2D eigenvalue weighted by Crippen LogP contribution is 2.30. The summed E-state index contributed by atoms with van der Waals surface area (Å²) in [6.45, 7) is 2.63. The minimum Gasteiger partial charge on any atom is -0.493 e. The Morgan fingerprint density at radius 3 is 2.78 bits per heavy atom. The minimum atomic E-state index is -0.0924. The summed E-state index contributed by atoms with van der Waals surface area (Å²) in [5.74, 6) is 1.19. The quantitative estimate of drug-likeness (QED) is 0.449. The lowest BCUT2D eigenvalue weighted by Gasteiger charge is -2.12. The normalized spacial score (nSPS) is 10.3. The van der Waals surface area contributed by atoms with Crippen LogP contribution in [-0.4, -0.2) is 25.9 Å². The number of rotatable bonds is 6. The van der Waals surface area contributed by atoms with Gasteiger partial charge < -0.3 is 20.9 Å². The lowest BCUT2D eigenvalue weighted by atomic mass is 10.2. The van der Waals surface area contributed by atoms with Gasteiger partial charge in [-0.3, -0.25) is 0 Å². The molecule has 0 fully saturated rings. The smallest absolute Gasteiger partial charge is 0.211 e. The summed E-state index contributed by atoms with van der Waals surface area (Å²) in [7, 11) is 1.59. The number of hydrogen-bond donors (Lipinski definition) is 2. The van der Waals surface area contributed by atoms with Crippen molar-refractivity contribution in [3.8, 4) is 11.5 Å². The summed E-state index contributed by atoms with van der Waals surface area (Å²) >= 11 is 0. The first kappa shape index (κ1) is 13.8. The highest BCUT2D eigenvalue weighted by atomic mass is 16.5. The van der Waals surface area contributed by atoms with E-state index in [9.17, 15) is 0 Å². The van der Waals surface area contributed by atoms with Gasteiger partial charge in [0.1, 0.15) is 0 Å². The molecule has 6 nitrogen and oxygen atoms in total. The van der Waals surface area contributed by atoms with Gasteiger partial charge in [-0.25, -0.2) is 0 Å². The van der Waals surface area contributed by atoms with Crippen LogP contribution in [0.25, 0.3) is 0 Å². The van der Waals surface area contributed by atoms with Crippen LogP contribution in [0.3, 0.4) is 0 Å². The van der Waals surface area contributed by atoms with Crippen molar-refractivity contribution in [2.75, 3.05) is 13.7 Å². The summed E-state index contributed by atoms with van der Waals surface area (Å²) in [5.41, 5.74) is 11.1. The van der Waals surface area contributed by atoms with Gasteiger partial charge in [0.05, 0.1) is 19.9 Å². The standard InChI is InChI=1S/C12H18N4O2/c1-3-7-18-11-9(8-15-16-12(13)14)5-4-6-10(11)17-2/h4-6,8H,3,7H2,1-2H3,(H4,13,14,16). The molecule has 0 radical (unpaired) electrons. The second-order valence-electron chi connectivity index (χ2n) is 3.50. The van der Waals surface area contributed by atoms with Gasteiger partial charge in [-0.1, -0.05) is 13.0 Å². The molecule has 0 saturated carbocycles. The van der Waals surface area contributed by atoms with Gasteiger partial charge in [-0.05, 0) is 18.6 Å². The summed E-state index contributed by atoms with van der Waals surface area (Å²) in [6.07, 6.45) is 2.43. The number of ether oxygens (including phenoxy) is 2. The predicted octanol–water partition coefficient (Wildman–Crippen LogP) is 1.09. The Morgan fingerprint density at radius 2 is 2.17 bits per heavy atom. The van der Waals surface area contributed by atoms with Crippen molar-refractivity contribution in [2.45, 2.75) is 13.3 Å². The molecule has 0 aliphatic carbocycles. The Morgan fingerprint density at radius 1 is 1.39 bits per heavy atom. The Balaban J connectivity index is 3.01. The Kier molecular flexibility index (Phi) is 5.50. The van der Waals surface area contributed by atoms with Crippen LogP contribution in [0.5, 0.6) is 11.5 Å². The molecule has 0 heterocycles. The molecule has 0 aliphatic rings. The van der Waals surface area contributed by atoms with Crippen molar-refractivity contribution in [3.05, 3.63) is 23.8 Å². The summed E-state index contributed by atoms with van der Waals surface area (Å²) < 4.78 is 10.9. The molecular formula is C12H18N4O2. The lowest BCUT2D eigenvalue weighted by molar-refractivity contribution is 0.294. The average Bonchev–Trinajstić information content (AvgIpc) is 2.36. The topological polar surface area (TPSA) is 95.2 Å². The zero-order chi connectivity index (χ0) is 13.4. The highest BCUT2D eigenvalue weighted by Gasteiger charge is 2.08. The molecule has 1 aromatic carbocycles. The zero-order valence-electron chi connectivity index (χ0n) is 10.6. The number of nitrogens with two attached hydrogens (primary N) is 2. The third-order valence-electron chi connectivity index (χ3n) is 2.05. The molecule has 0 amide bonds. The number of hydrogen-bond acceptors (Lipinski definition) is 4. The van der Waals surface area contributed by atoms with Gasteiger partial charge in [0.25, 0.3) is 0 Å². The van der Waals surface area contributed by atoms with Crippen LogP contribution >= 0.6 is 0 Å². The van der Waals surface area contributed by atoms with Crippen molar-refractivity contribution in [1.29, 1.82) is 0 Å². The molecule has 6 heteroatoms. The average molecular weight is 250 g/mol. The molecule has 18 heavy (non-hydrogen) atoms. The Bertz CT molecular complexity index is 440. The SMILES string of the molecule is CCCOc1c(C=NN=C(N)N)cccc1OC. The number of benzene rings is 1. The van der Waals surface area contributed by atoms with E-state index in [0.29, 0.717) is 18.1 Å². The second-order valence-corrected chi connectivity index (χ2v) is 3.50. The van der Waals surface area contributed by atoms with E-state index in [-0.39, 0.29) is 5.96 Å². The van der Waals surface area contributed by atoms with Crippen molar-refractivity contribution in [1.82, 2.24) is 0 Å². The minimum absolute atomic E-state index is 0.0924. The van der Waals surface area contributed by atoms with Crippen molar-refractivity contribution >= 4 is 12.2 Å². The van der Waals surface area contributed by atoms with E-state index < -0.39 is 0 Å². The molecule has 0 bridgehead atoms. The van der Waals surface area contributed by atoms with Crippen LogP contribution in [0.4, 0.5) is 0 Å². The maximum atomic E-state index is 5.64. The summed E-state index contributed by atoms with van der Waals surface area (Å²) in [6, 6.07) is 5.51. The van der Waals surface area contributed by atoms with Gasteiger partial charge in [-0.15, -0.1) is 5.10 Å². The molecular weight excluding hydrogens is 232 g/mol. The molecule has 1 aromatic rings. The van der Waals surface area contributed by atoms with E-state index in [4.69, 9.17) is 20.9 Å². The fraction of sp³-hybridized carbons (Fsp3) is 0.333. The molecule has 0 aromatic heterocycles. The van der Waals surface area contributed by atoms with Crippen LogP contribution < -0.4 is 20.9 Å². The molecule has 0 saturated heterocycles. The fourth-order valence-electron chi connectivity index (χ4n) is 1.31. The van der Waals surface area contributed by atoms with Crippen molar-refractivity contribution in [3.63, 3.8) is 0 Å². The van der Waals surface area contributed by atoms with Gasteiger partial charge in [-0.2, -0.15) is 5.10 Å². The number of guanidine groups is 1. The monoisotopic (exact) mass is 250 g/mol. The van der Waals surface area contributed by atoms with Crippen LogP contribution in [0.1, 0.15) is 18.9 Å². The van der Waals surface area contributed by atoms with Crippen LogP contribution in [0.15, 0.2) is 28.4 Å². The summed E-state index contributed by atoms with van der Waals surface area (Å²) in [4.78, 5) is 0. The largest absolute Gasteiger partial charge is 0.493 e. The highest BCUT2D eigenvalue weighted by molar-refractivity contribution is 5.86. The van der Waals surface area contributed by atoms with Gasteiger partial charge in [0.15, 0.2) is 11.5 Å². The Hall–Kier alpha value is -2.24. The van der Waals surface area contributed by atoms with Crippen LogP contribution in [-0.2, 0) is 0 Å². The molecule has 0 atom stereocenters. The first-order valence-corrected chi connectivity index (χ1v) is 5.60. The maximum absolute atomic E-state index is 5.64. The molecule has 4 N–H and O–H groups in total. The van der Waals surface area contributed by atoms with Gasteiger partial charge in [0.2, 0.25) is 5.96 Å². The van der Waals surface area contributed by atoms with E-state index in [1.807, 2.05) is 25.1 Å². The third kappa shape index (κ3) is 3.97. The van der Waals surface area contributed by atoms with E-state index in [0.717, 1.165) is 12.0 Å². The van der Waals surface area contributed by atoms with Gasteiger partial charge in [0, 0.05) is 5.56 Å². The predicted molar refractivity (Wildman–Crippen MR) is 72.2 cm³/mol. The lowest BCUT2D eigenvalue weighted by Crippen LogP contribution is -2.21. The summed E-state index contributed by atoms with van der Waals surface area (Å²) in [5, 5.41) is 7.30. The van der Waals surface area contributed by atoms with Crippen LogP contribution in [0.2, 0.25) is 0 Å². The maximum Gasteiger partial charge on any atom is 0.211 e. The third-order valence-corrected chi connectivity index (χ3v) is 2.05. The van der Waals surface area contributed by atoms with E-state index in [1.165, 1.54) is 6.21 Å². The number of para-hydroxylation sites is 1. The van der Waals surface area contributed by atoms with E-state index >= 15 is 0 Å². The van der Waals surface area contributed by atoms with E-state index in [1.54, 1.807) is 7.11 Å². The fourth-order valence-corrected chi connectivity index (χ4v) is 1.31. The van der Waals surface area contributed by atoms with Crippen molar-refractivity contribution in [2.24, 2.45) is 21.7 Å².